The number of nitrogen functional groups attached to an aromatic ring is 1. The Bertz CT molecular complexity index is 748. The molecular weight excluding hydrogens is 319 g/mol. The number of sulfonamides is 1. The van der Waals surface area contributed by atoms with E-state index in [-0.39, 0.29) is 4.90 Å². The van der Waals surface area contributed by atoms with Crippen molar-refractivity contribution in [2.75, 3.05) is 17.1 Å². The van der Waals surface area contributed by atoms with Crippen LogP contribution in [0.3, 0.4) is 0 Å². The Balaban J connectivity index is 2.51. The molecule has 0 atom stereocenters. The molecule has 20 heavy (non-hydrogen) atoms. The van der Waals surface area contributed by atoms with E-state index in [1.54, 1.807) is 24.3 Å². The number of halogens is 2. The Hall–Kier alpha value is -1.43. The number of anilines is 2. The topological polar surface area (TPSA) is 63.4 Å². The summed E-state index contributed by atoms with van der Waals surface area (Å²) in [5.41, 5.74) is 6.44. The fraction of sp³-hybridized carbons (Fsp3) is 0.0769. The van der Waals surface area contributed by atoms with Crippen molar-refractivity contribution in [3.05, 3.63) is 52.5 Å². The van der Waals surface area contributed by atoms with Crippen LogP contribution in [-0.2, 0) is 10.0 Å². The number of nitrogens with two attached hydrogens (primary N) is 1. The van der Waals surface area contributed by atoms with Crippen LogP contribution in [-0.4, -0.2) is 15.5 Å². The first kappa shape index (κ1) is 15.0. The highest BCUT2D eigenvalue weighted by molar-refractivity contribution is 7.92. The minimum Gasteiger partial charge on any atom is -0.397 e. The summed E-state index contributed by atoms with van der Waals surface area (Å²) in [6, 6.07) is 10.7. The average molecular weight is 331 g/mol. The highest BCUT2D eigenvalue weighted by atomic mass is 35.5. The molecule has 2 N–H and O–H groups in total. The molecule has 0 saturated carbocycles. The summed E-state index contributed by atoms with van der Waals surface area (Å²) in [4.78, 5) is 0.0897. The van der Waals surface area contributed by atoms with E-state index in [0.717, 1.165) is 4.31 Å². The second kappa shape index (κ2) is 5.52. The number of hydrogen-bond acceptors (Lipinski definition) is 3. The summed E-state index contributed by atoms with van der Waals surface area (Å²) in [5.74, 6) is 0. The third-order valence-corrected chi connectivity index (χ3v) is 5.02. The zero-order valence-corrected chi connectivity index (χ0v) is 12.9. The standard InChI is InChI=1S/C13H12Cl2N2O2S/c1-17(13-8-10(15)5-6-12(13)16)20(18,19)11-4-2-3-9(14)7-11/h2-8H,16H2,1H3. The zero-order chi connectivity index (χ0) is 14.9. The first-order chi connectivity index (χ1) is 9.32. The molecule has 0 spiro atoms. The van der Waals surface area contributed by atoms with Gasteiger partial charge in [0.2, 0.25) is 0 Å². The van der Waals surface area contributed by atoms with Crippen molar-refractivity contribution < 1.29 is 8.42 Å². The maximum absolute atomic E-state index is 12.5. The predicted octanol–water partition coefficient (Wildman–Crippen LogP) is 3.40. The zero-order valence-electron chi connectivity index (χ0n) is 10.5. The van der Waals surface area contributed by atoms with Gasteiger partial charge in [0.05, 0.1) is 16.3 Å². The van der Waals surface area contributed by atoms with Crippen LogP contribution in [0.25, 0.3) is 0 Å². The van der Waals surface area contributed by atoms with Crippen molar-refractivity contribution in [3.8, 4) is 0 Å². The third kappa shape index (κ3) is 2.85. The lowest BCUT2D eigenvalue weighted by Gasteiger charge is -2.21. The van der Waals surface area contributed by atoms with Crippen molar-refractivity contribution in [2.45, 2.75) is 4.90 Å². The minimum absolute atomic E-state index is 0.0897. The molecule has 2 aromatic carbocycles. The molecule has 4 nitrogen and oxygen atoms in total. The van der Waals surface area contributed by atoms with Crippen LogP contribution in [0.15, 0.2) is 47.4 Å². The Morgan fingerprint density at radius 3 is 2.35 bits per heavy atom. The normalized spacial score (nSPS) is 11.3. The van der Waals surface area contributed by atoms with E-state index in [4.69, 9.17) is 28.9 Å². The smallest absolute Gasteiger partial charge is 0.264 e. The Labute approximate surface area is 127 Å². The van der Waals surface area contributed by atoms with Crippen LogP contribution in [0.1, 0.15) is 0 Å². The van der Waals surface area contributed by atoms with Gasteiger partial charge in [0.1, 0.15) is 0 Å². The van der Waals surface area contributed by atoms with Gasteiger partial charge in [-0.3, -0.25) is 4.31 Å². The fourth-order valence-electron chi connectivity index (χ4n) is 1.70. The van der Waals surface area contributed by atoms with Crippen molar-refractivity contribution in [1.29, 1.82) is 0 Å². The van der Waals surface area contributed by atoms with Crippen LogP contribution in [0.5, 0.6) is 0 Å². The van der Waals surface area contributed by atoms with Crippen molar-refractivity contribution in [1.82, 2.24) is 0 Å². The molecule has 2 aromatic rings. The monoisotopic (exact) mass is 330 g/mol. The molecule has 0 aliphatic carbocycles. The van der Waals surface area contributed by atoms with Gasteiger partial charge < -0.3 is 5.73 Å². The minimum atomic E-state index is -3.74. The van der Waals surface area contributed by atoms with E-state index in [1.165, 1.54) is 25.2 Å². The molecule has 0 saturated heterocycles. The number of rotatable bonds is 3. The second-order valence-corrected chi connectivity index (χ2v) is 6.98. The predicted molar refractivity (Wildman–Crippen MR) is 82.9 cm³/mol. The molecule has 0 aliphatic heterocycles. The van der Waals surface area contributed by atoms with Crippen molar-refractivity contribution in [3.63, 3.8) is 0 Å². The Kier molecular flexibility index (Phi) is 4.13. The van der Waals surface area contributed by atoms with Gasteiger partial charge in [0.15, 0.2) is 0 Å². The summed E-state index contributed by atoms with van der Waals surface area (Å²) in [7, 11) is -2.33. The summed E-state index contributed by atoms with van der Waals surface area (Å²) < 4.78 is 26.1. The quantitative estimate of drug-likeness (QED) is 0.877. The molecule has 0 heterocycles. The lowest BCUT2D eigenvalue weighted by Crippen LogP contribution is -2.27. The summed E-state index contributed by atoms with van der Waals surface area (Å²) in [5, 5.41) is 0.751. The van der Waals surface area contributed by atoms with E-state index in [0.29, 0.717) is 21.4 Å². The van der Waals surface area contributed by atoms with Crippen molar-refractivity contribution >= 4 is 44.6 Å². The highest BCUT2D eigenvalue weighted by Gasteiger charge is 2.23. The molecule has 0 aromatic heterocycles. The van der Waals surface area contributed by atoms with E-state index >= 15 is 0 Å². The van der Waals surface area contributed by atoms with Crippen molar-refractivity contribution in [2.24, 2.45) is 0 Å². The fourth-order valence-corrected chi connectivity index (χ4v) is 3.39. The molecule has 2 rings (SSSR count). The second-order valence-electron chi connectivity index (χ2n) is 4.13. The maximum Gasteiger partial charge on any atom is 0.264 e. The molecule has 0 fully saturated rings. The lowest BCUT2D eigenvalue weighted by atomic mass is 10.3. The Morgan fingerprint density at radius 2 is 1.70 bits per heavy atom. The molecule has 106 valence electrons. The third-order valence-electron chi connectivity index (χ3n) is 2.79. The first-order valence-corrected chi connectivity index (χ1v) is 7.81. The van der Waals surface area contributed by atoms with Gasteiger partial charge in [-0.15, -0.1) is 0 Å². The molecule has 0 unspecified atom stereocenters. The van der Waals surface area contributed by atoms with E-state index < -0.39 is 10.0 Å². The molecule has 0 bridgehead atoms. The highest BCUT2D eigenvalue weighted by Crippen LogP contribution is 2.30. The van der Waals surface area contributed by atoms with Gasteiger partial charge in [-0.05, 0) is 36.4 Å². The maximum atomic E-state index is 12.5. The van der Waals surface area contributed by atoms with Gasteiger partial charge in [0, 0.05) is 17.1 Å². The molecular formula is C13H12Cl2N2O2S. The van der Waals surface area contributed by atoms with Gasteiger partial charge in [-0.1, -0.05) is 29.3 Å². The molecule has 0 aliphatic rings. The van der Waals surface area contributed by atoms with E-state index in [9.17, 15) is 8.42 Å². The van der Waals surface area contributed by atoms with Crippen LogP contribution in [0.4, 0.5) is 11.4 Å². The average Bonchev–Trinajstić information content (AvgIpc) is 2.40. The van der Waals surface area contributed by atoms with Crippen LogP contribution >= 0.6 is 23.2 Å². The van der Waals surface area contributed by atoms with E-state index in [1.807, 2.05) is 0 Å². The number of nitrogens with zero attached hydrogens (tertiary/aromatic N) is 1. The summed E-state index contributed by atoms with van der Waals surface area (Å²) >= 11 is 11.7. The van der Waals surface area contributed by atoms with Crippen LogP contribution < -0.4 is 10.0 Å². The van der Waals surface area contributed by atoms with Crippen LogP contribution in [0, 0.1) is 0 Å². The van der Waals surface area contributed by atoms with Gasteiger partial charge in [-0.2, -0.15) is 0 Å². The number of benzene rings is 2. The number of hydrogen-bond donors (Lipinski definition) is 1. The SMILES string of the molecule is CN(c1cc(Cl)ccc1N)S(=O)(=O)c1cccc(Cl)c1. The first-order valence-electron chi connectivity index (χ1n) is 5.62. The summed E-state index contributed by atoms with van der Waals surface area (Å²) in [6.07, 6.45) is 0. The van der Waals surface area contributed by atoms with Crippen LogP contribution in [0.2, 0.25) is 10.0 Å². The molecule has 0 radical (unpaired) electrons. The molecule has 7 heteroatoms. The van der Waals surface area contributed by atoms with Gasteiger partial charge >= 0.3 is 0 Å². The van der Waals surface area contributed by atoms with Gasteiger partial charge in [0.25, 0.3) is 10.0 Å². The lowest BCUT2D eigenvalue weighted by molar-refractivity contribution is 0.594. The largest absolute Gasteiger partial charge is 0.397 e. The van der Waals surface area contributed by atoms with E-state index in [2.05, 4.69) is 0 Å². The Morgan fingerprint density at radius 1 is 1.05 bits per heavy atom. The molecule has 0 amide bonds. The summed E-state index contributed by atoms with van der Waals surface area (Å²) in [6.45, 7) is 0. The van der Waals surface area contributed by atoms with Gasteiger partial charge in [-0.25, -0.2) is 8.42 Å².